The van der Waals surface area contributed by atoms with Gasteiger partial charge in [0.15, 0.2) is 24.1 Å². The van der Waals surface area contributed by atoms with E-state index in [0.29, 0.717) is 25.3 Å². The average Bonchev–Trinajstić information content (AvgIpc) is 3.31. The number of esters is 2. The van der Waals surface area contributed by atoms with Crippen LogP contribution in [0.5, 0.6) is 0 Å². The molecule has 3 saturated heterocycles. The van der Waals surface area contributed by atoms with Crippen molar-refractivity contribution in [2.24, 2.45) is 17.8 Å². The molecule has 0 saturated carbocycles. The summed E-state index contributed by atoms with van der Waals surface area (Å²) in [5, 5.41) is 11.6. The molecule has 0 spiro atoms. The van der Waals surface area contributed by atoms with Gasteiger partial charge in [-0.25, -0.2) is 4.79 Å². The van der Waals surface area contributed by atoms with E-state index < -0.39 is 72.3 Å². The molecule has 3 rings (SSSR count). The summed E-state index contributed by atoms with van der Waals surface area (Å²) in [6.07, 6.45) is -3.24. The van der Waals surface area contributed by atoms with Gasteiger partial charge in [0, 0.05) is 19.4 Å². The minimum absolute atomic E-state index is 0.0366. The average molecular weight is 673 g/mol. The lowest BCUT2D eigenvalue weighted by Crippen LogP contribution is -2.59. The van der Waals surface area contributed by atoms with Gasteiger partial charge < -0.3 is 43.2 Å². The maximum Gasteiger partial charge on any atom is 0.509 e. The lowest BCUT2D eigenvalue weighted by molar-refractivity contribution is -0.286. The number of carbonyl (C=O) groups is 3. The lowest BCUT2D eigenvalue weighted by Gasteiger charge is -2.45. The maximum absolute atomic E-state index is 13.6. The summed E-state index contributed by atoms with van der Waals surface area (Å²) in [7, 11) is 3.83. The number of hydrogen-bond acceptors (Lipinski definition) is 13. The van der Waals surface area contributed by atoms with Crippen molar-refractivity contribution in [3.63, 3.8) is 0 Å². The van der Waals surface area contributed by atoms with Crippen molar-refractivity contribution < 1.29 is 52.6 Å². The molecule has 47 heavy (non-hydrogen) atoms. The molecule has 3 aliphatic heterocycles. The summed E-state index contributed by atoms with van der Waals surface area (Å²) in [6, 6.07) is -0.535. The van der Waals surface area contributed by atoms with Gasteiger partial charge in [0.1, 0.15) is 6.10 Å². The molecule has 3 fully saturated rings. The molecule has 0 aliphatic carbocycles. The minimum atomic E-state index is -1.26. The second-order valence-electron chi connectivity index (χ2n) is 14.3. The van der Waals surface area contributed by atoms with E-state index in [2.05, 4.69) is 18.7 Å². The number of aliphatic hydroxyl groups excluding tert-OH is 1. The van der Waals surface area contributed by atoms with Crippen LogP contribution in [0.25, 0.3) is 0 Å². The van der Waals surface area contributed by atoms with Crippen LogP contribution in [0, 0.1) is 17.8 Å². The van der Waals surface area contributed by atoms with E-state index in [1.165, 1.54) is 6.92 Å². The van der Waals surface area contributed by atoms with Crippen molar-refractivity contribution in [3.05, 3.63) is 0 Å². The van der Waals surface area contributed by atoms with E-state index >= 15 is 0 Å². The topological polar surface area (TPSA) is 143 Å². The smallest absolute Gasteiger partial charge is 0.458 e. The van der Waals surface area contributed by atoms with E-state index in [9.17, 15) is 19.5 Å². The van der Waals surface area contributed by atoms with Gasteiger partial charge in [-0.15, -0.1) is 0 Å². The first-order valence-electron chi connectivity index (χ1n) is 17.3. The number of fused-ring (bicyclic) bond motifs is 1. The Morgan fingerprint density at radius 2 is 1.83 bits per heavy atom. The Hall–Kier alpha value is -2.03. The molecule has 0 aromatic carbocycles. The predicted molar refractivity (Wildman–Crippen MR) is 172 cm³/mol. The summed E-state index contributed by atoms with van der Waals surface area (Å²) < 4.78 is 42.4. The number of ether oxygens (including phenoxy) is 7. The molecule has 0 amide bonds. The highest BCUT2D eigenvalue weighted by atomic mass is 16.8. The van der Waals surface area contributed by atoms with E-state index in [1.54, 1.807) is 20.8 Å². The van der Waals surface area contributed by atoms with Crippen LogP contribution in [0.1, 0.15) is 88.0 Å². The van der Waals surface area contributed by atoms with Crippen LogP contribution < -0.4 is 0 Å². The number of likely N-dealkylation sites (N-methyl/N-ethyl adjacent to an activating group) is 1. The highest BCUT2D eigenvalue weighted by Crippen LogP contribution is 2.38. The highest BCUT2D eigenvalue weighted by Gasteiger charge is 2.57. The van der Waals surface area contributed by atoms with Gasteiger partial charge in [-0.05, 0) is 67.0 Å². The van der Waals surface area contributed by atoms with Crippen molar-refractivity contribution >= 4 is 18.1 Å². The molecule has 0 aromatic heterocycles. The van der Waals surface area contributed by atoms with Crippen molar-refractivity contribution in [2.75, 3.05) is 34.0 Å². The van der Waals surface area contributed by atoms with Gasteiger partial charge >= 0.3 is 18.1 Å². The van der Waals surface area contributed by atoms with E-state index in [-0.39, 0.29) is 31.5 Å². The van der Waals surface area contributed by atoms with Crippen molar-refractivity contribution in [1.29, 1.82) is 0 Å². The SMILES string of the molecule is CCC[C@@H](C)CN1COC[C@H](O[C@@H]2O[C@H](C)C[C@H](N(C)C)[C@H]2OC(C)=O)[C@@H](C)[C@H](O)[C@@H](C)C(=O)O[C@H](CC)[C@@]2(C)OC(=O)O[C@@H]2[C@H]1C. The summed E-state index contributed by atoms with van der Waals surface area (Å²) in [6.45, 7) is 17.4. The Labute approximate surface area is 280 Å². The van der Waals surface area contributed by atoms with Crippen LogP contribution in [0.3, 0.4) is 0 Å². The molecule has 0 bridgehead atoms. The van der Waals surface area contributed by atoms with Crippen LogP contribution in [-0.4, -0.2) is 128 Å². The molecule has 3 heterocycles. The molecule has 272 valence electrons. The zero-order valence-electron chi connectivity index (χ0n) is 30.3. The normalized spacial score (nSPS) is 40.1. The Morgan fingerprint density at radius 1 is 1.15 bits per heavy atom. The minimum Gasteiger partial charge on any atom is -0.458 e. The largest absolute Gasteiger partial charge is 0.509 e. The third-order valence-corrected chi connectivity index (χ3v) is 10.1. The van der Waals surface area contributed by atoms with Crippen molar-refractivity contribution in [1.82, 2.24) is 9.80 Å². The second-order valence-corrected chi connectivity index (χ2v) is 14.3. The fraction of sp³-hybridized carbons (Fsp3) is 0.912. The van der Waals surface area contributed by atoms with E-state index in [4.69, 9.17) is 33.2 Å². The van der Waals surface area contributed by atoms with Crippen LogP contribution in [0.2, 0.25) is 0 Å². The Balaban J connectivity index is 2.00. The molecule has 13 nitrogen and oxygen atoms in total. The number of hydrogen-bond donors (Lipinski definition) is 1. The number of aliphatic hydroxyl groups is 1. The molecule has 3 aliphatic rings. The summed E-state index contributed by atoms with van der Waals surface area (Å²) >= 11 is 0. The monoisotopic (exact) mass is 672 g/mol. The zero-order valence-corrected chi connectivity index (χ0v) is 30.3. The fourth-order valence-electron chi connectivity index (χ4n) is 7.22. The van der Waals surface area contributed by atoms with E-state index in [0.717, 1.165) is 12.8 Å². The Morgan fingerprint density at radius 3 is 2.43 bits per heavy atom. The Kier molecular flexibility index (Phi) is 14.3. The van der Waals surface area contributed by atoms with Gasteiger partial charge in [0.25, 0.3) is 0 Å². The van der Waals surface area contributed by atoms with Gasteiger partial charge in [-0.2, -0.15) is 0 Å². The van der Waals surface area contributed by atoms with Crippen LogP contribution in [-0.2, 0) is 42.7 Å². The summed E-state index contributed by atoms with van der Waals surface area (Å²) in [5.74, 6) is -2.36. The first-order valence-corrected chi connectivity index (χ1v) is 17.3. The first-order chi connectivity index (χ1) is 22.0. The molecule has 13 atom stereocenters. The number of rotatable bonds is 9. The molecule has 1 N–H and O–H groups in total. The lowest BCUT2D eigenvalue weighted by atomic mass is 9.85. The summed E-state index contributed by atoms with van der Waals surface area (Å²) in [4.78, 5) is 42.5. The van der Waals surface area contributed by atoms with Crippen molar-refractivity contribution in [2.45, 2.75) is 149 Å². The first kappa shape index (κ1) is 39.4. The van der Waals surface area contributed by atoms with Gasteiger partial charge in [0.2, 0.25) is 0 Å². The summed E-state index contributed by atoms with van der Waals surface area (Å²) in [5.41, 5.74) is -1.26. The van der Waals surface area contributed by atoms with E-state index in [1.807, 2.05) is 39.8 Å². The van der Waals surface area contributed by atoms with Gasteiger partial charge in [0.05, 0.1) is 49.7 Å². The second kappa shape index (κ2) is 17.1. The number of carbonyl (C=O) groups excluding carboxylic acids is 3. The standard InChI is InChI=1S/C34H60N2O11/c1-12-14-19(3)16-36-18-41-17-26(44-32-29(43-24(8)37)25(35(10)11)15-20(4)42-32)21(5)28(38)22(6)31(39)45-27(13-2)34(9)30(23(36)7)46-33(40)47-34/h19-23,25-30,32,38H,12-18H2,1-11H3/t19-,20-,21-,22-,23-,25+,26+,27-,28+,29-,30-,32+,34-/m1/s1. The molecule has 0 unspecified atom stereocenters. The van der Waals surface area contributed by atoms with Gasteiger partial charge in [-0.3, -0.25) is 14.5 Å². The van der Waals surface area contributed by atoms with Crippen molar-refractivity contribution in [3.8, 4) is 0 Å². The maximum atomic E-state index is 13.6. The molecule has 0 radical (unpaired) electrons. The number of cyclic esters (lactones) is 1. The highest BCUT2D eigenvalue weighted by molar-refractivity contribution is 5.73. The fourth-order valence-corrected chi connectivity index (χ4v) is 7.22. The molecular weight excluding hydrogens is 612 g/mol. The van der Waals surface area contributed by atoms with Gasteiger partial charge in [-0.1, -0.05) is 34.1 Å². The molecular formula is C34H60N2O11. The van der Waals surface area contributed by atoms with Crippen LogP contribution in [0.4, 0.5) is 4.79 Å². The quantitative estimate of drug-likeness (QED) is 0.281. The Bertz CT molecular complexity index is 1050. The van der Waals surface area contributed by atoms with Crippen LogP contribution in [0.15, 0.2) is 0 Å². The third kappa shape index (κ3) is 9.57. The molecule has 13 heteroatoms. The van der Waals surface area contributed by atoms with Crippen LogP contribution >= 0.6 is 0 Å². The molecule has 0 aromatic rings. The third-order valence-electron chi connectivity index (χ3n) is 10.1. The predicted octanol–water partition coefficient (Wildman–Crippen LogP) is 3.73. The number of nitrogens with zero attached hydrogens (tertiary/aromatic N) is 2. The zero-order chi connectivity index (χ0) is 35.2.